The molecule has 1 heterocycles. The van der Waals surface area contributed by atoms with Crippen LogP contribution in [-0.4, -0.2) is 29.6 Å². The van der Waals surface area contributed by atoms with Gasteiger partial charge in [-0.25, -0.2) is 0 Å². The lowest BCUT2D eigenvalue weighted by atomic mass is 10.1. The van der Waals surface area contributed by atoms with Crippen molar-refractivity contribution in [1.29, 1.82) is 0 Å². The van der Waals surface area contributed by atoms with Crippen LogP contribution >= 0.6 is 35.0 Å². The fourth-order valence-electron chi connectivity index (χ4n) is 3.43. The topological polar surface area (TPSA) is 58.6 Å². The van der Waals surface area contributed by atoms with Gasteiger partial charge in [0.05, 0.1) is 17.9 Å². The first-order valence-electron chi connectivity index (χ1n) is 9.85. The summed E-state index contributed by atoms with van der Waals surface area (Å²) in [4.78, 5) is 27.0. The van der Waals surface area contributed by atoms with Gasteiger partial charge >= 0.3 is 0 Å². The maximum absolute atomic E-state index is 12.6. The monoisotopic (exact) mass is 486 g/mol. The Hall–Kier alpha value is -2.67. The minimum Gasteiger partial charge on any atom is -0.495 e. The number of benzene rings is 3. The molecule has 0 radical (unpaired) electrons. The number of thioether (sulfide) groups is 1. The Morgan fingerprint density at radius 2 is 1.81 bits per heavy atom. The van der Waals surface area contributed by atoms with Crippen LogP contribution < -0.4 is 10.1 Å². The molecule has 1 aliphatic heterocycles. The second-order valence-electron chi connectivity index (χ2n) is 7.24. The summed E-state index contributed by atoms with van der Waals surface area (Å²) in [5.74, 6) is 0.818. The molecule has 2 amide bonds. The van der Waals surface area contributed by atoms with Crippen molar-refractivity contribution in [2.75, 3.05) is 18.2 Å². The summed E-state index contributed by atoms with van der Waals surface area (Å²) in [5.41, 5.74) is 3.08. The molecule has 0 aromatic heterocycles. The zero-order valence-corrected chi connectivity index (χ0v) is 19.5. The van der Waals surface area contributed by atoms with Gasteiger partial charge in [0.2, 0.25) is 5.91 Å². The van der Waals surface area contributed by atoms with E-state index in [1.165, 1.54) is 7.11 Å². The first-order chi connectivity index (χ1) is 15.4. The lowest BCUT2D eigenvalue weighted by Crippen LogP contribution is -2.27. The van der Waals surface area contributed by atoms with Crippen LogP contribution in [-0.2, 0) is 11.3 Å². The van der Waals surface area contributed by atoms with Crippen molar-refractivity contribution in [3.8, 4) is 5.75 Å². The Labute approximate surface area is 200 Å². The molecule has 0 saturated carbocycles. The van der Waals surface area contributed by atoms with Gasteiger partial charge in [-0.05, 0) is 53.6 Å². The fraction of sp³-hybridized carbons (Fsp3) is 0.167. The van der Waals surface area contributed by atoms with Gasteiger partial charge in [0.15, 0.2) is 0 Å². The van der Waals surface area contributed by atoms with Crippen molar-refractivity contribution in [1.82, 2.24) is 4.90 Å². The maximum Gasteiger partial charge on any atom is 0.255 e. The average Bonchev–Trinajstić information content (AvgIpc) is 3.15. The van der Waals surface area contributed by atoms with Gasteiger partial charge < -0.3 is 15.0 Å². The molecule has 5 nitrogen and oxygen atoms in total. The van der Waals surface area contributed by atoms with Crippen LogP contribution in [0.3, 0.4) is 0 Å². The Morgan fingerprint density at radius 1 is 1.09 bits per heavy atom. The molecule has 32 heavy (non-hydrogen) atoms. The van der Waals surface area contributed by atoms with E-state index < -0.39 is 0 Å². The molecular weight excluding hydrogens is 467 g/mol. The number of hydrogen-bond acceptors (Lipinski definition) is 4. The van der Waals surface area contributed by atoms with Crippen molar-refractivity contribution >= 4 is 52.5 Å². The molecule has 164 valence electrons. The van der Waals surface area contributed by atoms with E-state index in [2.05, 4.69) is 5.32 Å². The molecule has 0 unspecified atom stereocenters. The number of anilines is 1. The van der Waals surface area contributed by atoms with Gasteiger partial charge in [0.25, 0.3) is 5.91 Å². The number of ether oxygens (including phenoxy) is 1. The minimum atomic E-state index is -0.244. The maximum atomic E-state index is 12.6. The van der Waals surface area contributed by atoms with E-state index in [0.29, 0.717) is 39.3 Å². The third-order valence-electron chi connectivity index (χ3n) is 5.10. The highest BCUT2D eigenvalue weighted by molar-refractivity contribution is 8.00. The molecule has 3 aromatic carbocycles. The van der Waals surface area contributed by atoms with Crippen molar-refractivity contribution in [2.24, 2.45) is 0 Å². The molecule has 8 heteroatoms. The number of rotatable bonds is 6. The molecule has 0 aliphatic carbocycles. The first-order valence-corrected chi connectivity index (χ1v) is 11.7. The van der Waals surface area contributed by atoms with Crippen molar-refractivity contribution in [2.45, 2.75) is 11.9 Å². The number of hydrogen-bond donors (Lipinski definition) is 1. The summed E-state index contributed by atoms with van der Waals surface area (Å²) in [6, 6.07) is 19.9. The summed E-state index contributed by atoms with van der Waals surface area (Å²) in [6.07, 6.45) is 0. The molecule has 0 spiro atoms. The van der Waals surface area contributed by atoms with Crippen molar-refractivity contribution in [3.63, 3.8) is 0 Å². The predicted octanol–water partition coefficient (Wildman–Crippen LogP) is 6.03. The summed E-state index contributed by atoms with van der Waals surface area (Å²) in [6.45, 7) is 0.508. The Balaban J connectivity index is 1.46. The van der Waals surface area contributed by atoms with Crippen LogP contribution in [0.1, 0.15) is 26.9 Å². The summed E-state index contributed by atoms with van der Waals surface area (Å²) in [7, 11) is 1.54. The van der Waals surface area contributed by atoms with Crippen LogP contribution in [0.25, 0.3) is 0 Å². The molecular formula is C24H20Cl2N2O3S. The lowest BCUT2D eigenvalue weighted by molar-refractivity contribution is -0.128. The number of methoxy groups -OCH3 is 1. The van der Waals surface area contributed by atoms with Gasteiger partial charge in [-0.3, -0.25) is 9.59 Å². The Bertz CT molecular complexity index is 1140. The van der Waals surface area contributed by atoms with Gasteiger partial charge in [-0.1, -0.05) is 47.5 Å². The van der Waals surface area contributed by atoms with E-state index in [4.69, 9.17) is 27.9 Å². The van der Waals surface area contributed by atoms with E-state index in [-0.39, 0.29) is 17.2 Å². The number of halogens is 2. The van der Waals surface area contributed by atoms with Gasteiger partial charge in [-0.15, -0.1) is 11.8 Å². The molecule has 1 saturated heterocycles. The number of amides is 2. The number of carbonyl (C=O) groups excluding carboxylic acids is 2. The second kappa shape index (κ2) is 9.86. The van der Waals surface area contributed by atoms with E-state index in [1.807, 2.05) is 41.3 Å². The number of carbonyl (C=O) groups is 2. The molecule has 4 rings (SSSR count). The largest absolute Gasteiger partial charge is 0.495 e. The van der Waals surface area contributed by atoms with Crippen LogP contribution in [0.5, 0.6) is 5.75 Å². The predicted molar refractivity (Wildman–Crippen MR) is 130 cm³/mol. The van der Waals surface area contributed by atoms with Gasteiger partial charge in [0.1, 0.15) is 11.1 Å². The molecule has 1 aliphatic rings. The highest BCUT2D eigenvalue weighted by Crippen LogP contribution is 2.39. The second-order valence-corrected chi connectivity index (χ2v) is 9.15. The summed E-state index contributed by atoms with van der Waals surface area (Å²) in [5, 5.41) is 3.82. The summed E-state index contributed by atoms with van der Waals surface area (Å²) < 4.78 is 5.13. The molecule has 1 fully saturated rings. The SMILES string of the molecule is COc1ccc(NC(=O)c2ccc([C@@H]3SCC(=O)N3Cc3ccc(Cl)cc3)cc2)cc1Cl. The third kappa shape index (κ3) is 5.04. The smallest absolute Gasteiger partial charge is 0.255 e. The third-order valence-corrected chi connectivity index (χ3v) is 6.91. The minimum absolute atomic E-state index is 0.0909. The number of nitrogens with zero attached hydrogens (tertiary/aromatic N) is 1. The molecule has 0 bridgehead atoms. The van der Waals surface area contributed by atoms with Crippen molar-refractivity contribution < 1.29 is 14.3 Å². The normalized spacial score (nSPS) is 15.7. The van der Waals surface area contributed by atoms with Gasteiger partial charge in [0, 0.05) is 22.8 Å². The molecule has 3 aromatic rings. The number of nitrogens with one attached hydrogen (secondary N) is 1. The molecule has 1 N–H and O–H groups in total. The van der Waals surface area contributed by atoms with Gasteiger partial charge in [-0.2, -0.15) is 0 Å². The molecule has 1 atom stereocenters. The Morgan fingerprint density at radius 3 is 2.47 bits per heavy atom. The van der Waals surface area contributed by atoms with E-state index in [9.17, 15) is 9.59 Å². The van der Waals surface area contributed by atoms with Crippen LogP contribution in [0, 0.1) is 0 Å². The van der Waals surface area contributed by atoms with E-state index in [0.717, 1.165) is 11.1 Å². The fourth-order valence-corrected chi connectivity index (χ4v) is 5.01. The highest BCUT2D eigenvalue weighted by atomic mass is 35.5. The Kier molecular flexibility index (Phi) is 6.94. The highest BCUT2D eigenvalue weighted by Gasteiger charge is 2.32. The zero-order valence-electron chi connectivity index (χ0n) is 17.2. The standard InChI is InChI=1S/C24H20Cl2N2O3S/c1-31-21-11-10-19(12-20(21)26)27-23(30)16-4-6-17(7-5-16)24-28(22(29)14-32-24)13-15-2-8-18(25)9-3-15/h2-12,24H,13-14H2,1H3,(H,27,30)/t24-/m0/s1. The zero-order chi connectivity index (χ0) is 22.7. The lowest BCUT2D eigenvalue weighted by Gasteiger charge is -2.24. The van der Waals surface area contributed by atoms with Crippen LogP contribution in [0.4, 0.5) is 5.69 Å². The quantitative estimate of drug-likeness (QED) is 0.462. The average molecular weight is 487 g/mol. The van der Waals surface area contributed by atoms with Crippen LogP contribution in [0.15, 0.2) is 66.7 Å². The van der Waals surface area contributed by atoms with Crippen molar-refractivity contribution in [3.05, 3.63) is 93.5 Å². The van der Waals surface area contributed by atoms with E-state index >= 15 is 0 Å². The van der Waals surface area contributed by atoms with E-state index in [1.54, 1.807) is 42.1 Å². The van der Waals surface area contributed by atoms with Crippen LogP contribution in [0.2, 0.25) is 10.0 Å². The first kappa shape index (κ1) is 22.5. The summed E-state index contributed by atoms with van der Waals surface area (Å²) >= 11 is 13.7.